The lowest BCUT2D eigenvalue weighted by Crippen LogP contribution is -2.33. The number of ether oxygens (including phenoxy) is 1. The number of nitro benzene ring substituents is 1. The molecule has 3 aromatic rings. The van der Waals surface area contributed by atoms with Crippen molar-refractivity contribution in [2.24, 2.45) is 0 Å². The molecule has 3 rings (SSSR count). The van der Waals surface area contributed by atoms with Crippen molar-refractivity contribution < 1.29 is 32.3 Å². The third kappa shape index (κ3) is 6.52. The Morgan fingerprint density at radius 3 is 2.41 bits per heavy atom. The van der Waals surface area contributed by atoms with Crippen LogP contribution in [0, 0.1) is 15.9 Å². The molecule has 0 amide bonds. The number of benzene rings is 3. The summed E-state index contributed by atoms with van der Waals surface area (Å²) in [6.07, 6.45) is -5.62. The van der Waals surface area contributed by atoms with E-state index in [1.54, 1.807) is 48.3 Å². The molecule has 0 radical (unpaired) electrons. The number of halogens is 4. The maximum atomic E-state index is 13.9. The lowest BCUT2D eigenvalue weighted by atomic mass is 9.97. The van der Waals surface area contributed by atoms with Crippen molar-refractivity contribution >= 4 is 5.69 Å². The maximum absolute atomic E-state index is 13.9. The van der Waals surface area contributed by atoms with Crippen LogP contribution in [0.25, 0.3) is 11.1 Å². The fraction of sp³-hybridized carbons (Fsp3) is 0.250. The van der Waals surface area contributed by atoms with Crippen molar-refractivity contribution in [2.75, 3.05) is 20.2 Å². The fourth-order valence-electron chi connectivity index (χ4n) is 3.49. The number of hydrogen-bond acceptors (Lipinski definition) is 5. The van der Waals surface area contributed by atoms with Crippen LogP contribution in [0.3, 0.4) is 0 Å². The Hall–Kier alpha value is -3.50. The summed E-state index contributed by atoms with van der Waals surface area (Å²) in [7, 11) is 1.62. The Kier molecular flexibility index (Phi) is 7.85. The first kappa shape index (κ1) is 25.1. The molecule has 0 bridgehead atoms. The standard InChI is InChI=1S/C24H22F4N2O4/c1-29(14-19(31)15-34-23-10-8-18(30(32)33)12-22(23)25)13-16-7-9-20(17-5-3-2-4-6-17)21(11-16)24(26,27)28/h2-12,19,31H,13-15H2,1H3. The first-order valence-electron chi connectivity index (χ1n) is 10.2. The fourth-order valence-corrected chi connectivity index (χ4v) is 3.49. The third-order valence-corrected chi connectivity index (χ3v) is 5.01. The summed E-state index contributed by atoms with van der Waals surface area (Å²) >= 11 is 0. The zero-order chi connectivity index (χ0) is 24.9. The van der Waals surface area contributed by atoms with E-state index in [1.165, 1.54) is 6.07 Å². The van der Waals surface area contributed by atoms with Gasteiger partial charge in [0, 0.05) is 19.2 Å². The zero-order valence-corrected chi connectivity index (χ0v) is 18.1. The molecule has 6 nitrogen and oxygen atoms in total. The molecule has 1 atom stereocenters. The van der Waals surface area contributed by atoms with E-state index in [0.29, 0.717) is 17.2 Å². The van der Waals surface area contributed by atoms with E-state index in [9.17, 15) is 32.8 Å². The molecule has 0 aliphatic rings. The molecule has 0 heterocycles. The number of non-ortho nitro benzene ring substituents is 1. The summed E-state index contributed by atoms with van der Waals surface area (Å²) in [4.78, 5) is 11.5. The second-order valence-electron chi connectivity index (χ2n) is 7.78. The predicted molar refractivity (Wildman–Crippen MR) is 118 cm³/mol. The second kappa shape index (κ2) is 10.6. The van der Waals surface area contributed by atoms with Crippen LogP contribution in [0.1, 0.15) is 11.1 Å². The minimum Gasteiger partial charge on any atom is -0.488 e. The Balaban J connectivity index is 1.63. The molecule has 10 heteroatoms. The first-order valence-corrected chi connectivity index (χ1v) is 10.2. The molecule has 0 saturated heterocycles. The van der Waals surface area contributed by atoms with Gasteiger partial charge in [0.1, 0.15) is 12.7 Å². The van der Waals surface area contributed by atoms with E-state index < -0.39 is 34.3 Å². The van der Waals surface area contributed by atoms with Gasteiger partial charge in [-0.1, -0.05) is 42.5 Å². The average molecular weight is 478 g/mol. The minimum atomic E-state index is -4.54. The molecule has 0 aliphatic carbocycles. The van der Waals surface area contributed by atoms with Crippen LogP contribution < -0.4 is 4.74 Å². The van der Waals surface area contributed by atoms with Crippen molar-refractivity contribution in [3.63, 3.8) is 0 Å². The van der Waals surface area contributed by atoms with Gasteiger partial charge in [0.2, 0.25) is 0 Å². The number of aliphatic hydroxyl groups is 1. The van der Waals surface area contributed by atoms with Gasteiger partial charge in [0.25, 0.3) is 5.69 Å². The molecule has 34 heavy (non-hydrogen) atoms. The highest BCUT2D eigenvalue weighted by Gasteiger charge is 2.34. The molecule has 1 N–H and O–H groups in total. The van der Waals surface area contributed by atoms with Crippen LogP contribution in [0.15, 0.2) is 66.7 Å². The molecule has 0 fully saturated rings. The molecule has 0 aromatic heterocycles. The molecule has 0 spiro atoms. The second-order valence-corrected chi connectivity index (χ2v) is 7.78. The van der Waals surface area contributed by atoms with E-state index in [2.05, 4.69) is 0 Å². The average Bonchev–Trinajstić information content (AvgIpc) is 2.78. The van der Waals surface area contributed by atoms with Gasteiger partial charge in [-0.05, 0) is 35.9 Å². The van der Waals surface area contributed by atoms with Crippen molar-refractivity contribution in [1.82, 2.24) is 4.90 Å². The molecular weight excluding hydrogens is 456 g/mol. The van der Waals surface area contributed by atoms with Gasteiger partial charge in [0.05, 0.1) is 16.6 Å². The van der Waals surface area contributed by atoms with E-state index >= 15 is 0 Å². The number of nitro groups is 1. The molecule has 0 saturated carbocycles. The highest BCUT2D eigenvalue weighted by Crippen LogP contribution is 2.37. The minimum absolute atomic E-state index is 0.0381. The summed E-state index contributed by atoms with van der Waals surface area (Å²) < 4.78 is 60.1. The normalized spacial score (nSPS) is 12.6. The van der Waals surface area contributed by atoms with Crippen LogP contribution in [0.4, 0.5) is 23.2 Å². The van der Waals surface area contributed by atoms with Gasteiger partial charge in [-0.3, -0.25) is 15.0 Å². The molecule has 3 aromatic carbocycles. The number of nitrogens with zero attached hydrogens (tertiary/aromatic N) is 2. The number of aliphatic hydroxyl groups excluding tert-OH is 1. The lowest BCUT2D eigenvalue weighted by molar-refractivity contribution is -0.385. The van der Waals surface area contributed by atoms with E-state index in [-0.39, 0.29) is 31.0 Å². The predicted octanol–water partition coefficient (Wildman–Crippen LogP) is 5.29. The van der Waals surface area contributed by atoms with Gasteiger partial charge < -0.3 is 9.84 Å². The van der Waals surface area contributed by atoms with Crippen molar-refractivity contribution in [3.8, 4) is 16.9 Å². The van der Waals surface area contributed by atoms with E-state index in [1.807, 2.05) is 0 Å². The Morgan fingerprint density at radius 2 is 1.79 bits per heavy atom. The Morgan fingerprint density at radius 1 is 1.09 bits per heavy atom. The summed E-state index contributed by atoms with van der Waals surface area (Å²) in [5, 5.41) is 20.9. The van der Waals surface area contributed by atoms with Gasteiger partial charge in [-0.25, -0.2) is 4.39 Å². The van der Waals surface area contributed by atoms with Gasteiger partial charge >= 0.3 is 6.18 Å². The van der Waals surface area contributed by atoms with Crippen LogP contribution in [0.5, 0.6) is 5.75 Å². The topological polar surface area (TPSA) is 75.8 Å². The van der Waals surface area contributed by atoms with Crippen LogP contribution in [-0.2, 0) is 12.7 Å². The van der Waals surface area contributed by atoms with Gasteiger partial charge in [-0.15, -0.1) is 0 Å². The monoisotopic (exact) mass is 478 g/mol. The quantitative estimate of drug-likeness (QED) is 0.257. The summed E-state index contributed by atoms with van der Waals surface area (Å²) in [6, 6.07) is 15.3. The van der Waals surface area contributed by atoms with Gasteiger partial charge in [0.15, 0.2) is 11.6 Å². The maximum Gasteiger partial charge on any atom is 0.417 e. The SMILES string of the molecule is CN(Cc1ccc(-c2ccccc2)c(C(F)(F)F)c1)CC(O)COc1ccc([N+](=O)[O-])cc1F. The van der Waals surface area contributed by atoms with Crippen LogP contribution in [-0.4, -0.2) is 41.2 Å². The Bertz CT molecular complexity index is 1140. The summed E-state index contributed by atoms with van der Waals surface area (Å²) in [6.45, 7) is -0.142. The van der Waals surface area contributed by atoms with Crippen molar-refractivity contribution in [2.45, 2.75) is 18.8 Å². The van der Waals surface area contributed by atoms with Crippen LogP contribution >= 0.6 is 0 Å². The number of rotatable bonds is 9. The summed E-state index contributed by atoms with van der Waals surface area (Å²) in [5.74, 6) is -1.19. The number of alkyl halides is 3. The largest absolute Gasteiger partial charge is 0.488 e. The van der Waals surface area contributed by atoms with E-state index in [4.69, 9.17) is 4.74 Å². The number of likely N-dealkylation sites (N-methyl/N-ethyl adjacent to an activating group) is 1. The van der Waals surface area contributed by atoms with Crippen LogP contribution in [0.2, 0.25) is 0 Å². The summed E-state index contributed by atoms with van der Waals surface area (Å²) in [5.41, 5.74) is -0.230. The van der Waals surface area contributed by atoms with E-state index in [0.717, 1.165) is 18.2 Å². The Labute approximate surface area is 193 Å². The van der Waals surface area contributed by atoms with Gasteiger partial charge in [-0.2, -0.15) is 13.2 Å². The first-order chi connectivity index (χ1) is 16.0. The van der Waals surface area contributed by atoms with Crippen molar-refractivity contribution in [3.05, 3.63) is 93.8 Å². The smallest absolute Gasteiger partial charge is 0.417 e. The highest BCUT2D eigenvalue weighted by molar-refractivity contribution is 5.68. The zero-order valence-electron chi connectivity index (χ0n) is 18.1. The lowest BCUT2D eigenvalue weighted by Gasteiger charge is -2.22. The number of hydrogen-bond donors (Lipinski definition) is 1. The molecule has 0 aliphatic heterocycles. The van der Waals surface area contributed by atoms with Crippen molar-refractivity contribution in [1.29, 1.82) is 0 Å². The molecule has 180 valence electrons. The third-order valence-electron chi connectivity index (χ3n) is 5.01. The highest BCUT2D eigenvalue weighted by atomic mass is 19.4. The molecular formula is C24H22F4N2O4. The molecule has 1 unspecified atom stereocenters.